The van der Waals surface area contributed by atoms with Gasteiger partial charge in [-0.15, -0.1) is 0 Å². The predicted molar refractivity (Wildman–Crippen MR) is 118 cm³/mol. The summed E-state index contributed by atoms with van der Waals surface area (Å²) in [5.74, 6) is 0.353. The van der Waals surface area contributed by atoms with Crippen LogP contribution in [0.3, 0.4) is 0 Å². The van der Waals surface area contributed by atoms with Crippen molar-refractivity contribution in [2.75, 3.05) is 18.4 Å². The van der Waals surface area contributed by atoms with Crippen LogP contribution in [0.2, 0.25) is 0 Å². The molecule has 0 saturated carbocycles. The number of hydrogen-bond donors (Lipinski definition) is 1. The first-order valence-electron chi connectivity index (χ1n) is 10.4. The smallest absolute Gasteiger partial charge is 0.265 e. The predicted octanol–water partition coefficient (Wildman–Crippen LogP) is 4.27. The van der Waals surface area contributed by atoms with Crippen molar-refractivity contribution in [3.63, 3.8) is 0 Å². The van der Waals surface area contributed by atoms with E-state index in [4.69, 9.17) is 4.74 Å². The largest absolute Gasteiger partial charge is 0.481 e. The minimum Gasteiger partial charge on any atom is -0.481 e. The number of aryl methyl sites for hydroxylation is 2. The van der Waals surface area contributed by atoms with E-state index in [0.717, 1.165) is 36.8 Å². The van der Waals surface area contributed by atoms with Crippen LogP contribution in [-0.2, 0) is 14.8 Å². The Morgan fingerprint density at radius 1 is 0.967 bits per heavy atom. The lowest BCUT2D eigenvalue weighted by atomic mass is 10.1. The maximum absolute atomic E-state index is 12.9. The van der Waals surface area contributed by atoms with Gasteiger partial charge in [-0.05, 0) is 81.1 Å². The third-order valence-electron chi connectivity index (χ3n) is 5.20. The number of anilines is 1. The number of benzene rings is 2. The van der Waals surface area contributed by atoms with Crippen LogP contribution in [0.15, 0.2) is 47.4 Å². The highest BCUT2D eigenvalue weighted by atomic mass is 32.2. The molecule has 0 radical (unpaired) electrons. The van der Waals surface area contributed by atoms with E-state index in [1.54, 1.807) is 35.5 Å². The van der Waals surface area contributed by atoms with Crippen molar-refractivity contribution >= 4 is 21.6 Å². The van der Waals surface area contributed by atoms with Crippen LogP contribution >= 0.6 is 0 Å². The van der Waals surface area contributed by atoms with Gasteiger partial charge in [-0.3, -0.25) is 4.79 Å². The number of hydrogen-bond acceptors (Lipinski definition) is 4. The number of sulfonamides is 1. The molecule has 1 aliphatic heterocycles. The first-order chi connectivity index (χ1) is 14.3. The Balaban J connectivity index is 1.63. The summed E-state index contributed by atoms with van der Waals surface area (Å²) in [7, 11) is -3.50. The molecular formula is C23H30N2O4S. The van der Waals surface area contributed by atoms with Gasteiger partial charge < -0.3 is 10.1 Å². The number of rotatable bonds is 6. The molecule has 30 heavy (non-hydrogen) atoms. The summed E-state index contributed by atoms with van der Waals surface area (Å²) >= 11 is 0. The van der Waals surface area contributed by atoms with Gasteiger partial charge in [-0.1, -0.05) is 18.9 Å². The Morgan fingerprint density at radius 2 is 1.53 bits per heavy atom. The van der Waals surface area contributed by atoms with Crippen LogP contribution in [0.5, 0.6) is 5.75 Å². The minimum absolute atomic E-state index is 0.252. The van der Waals surface area contributed by atoms with Crippen LogP contribution in [0.4, 0.5) is 5.69 Å². The second-order valence-corrected chi connectivity index (χ2v) is 9.85. The van der Waals surface area contributed by atoms with E-state index in [1.807, 2.05) is 32.0 Å². The molecule has 1 amide bonds. The van der Waals surface area contributed by atoms with Gasteiger partial charge in [0.2, 0.25) is 10.0 Å². The summed E-state index contributed by atoms with van der Waals surface area (Å²) in [6, 6.07) is 12.1. The van der Waals surface area contributed by atoms with Gasteiger partial charge in [0.15, 0.2) is 6.10 Å². The van der Waals surface area contributed by atoms with Crippen molar-refractivity contribution in [1.29, 1.82) is 0 Å². The summed E-state index contributed by atoms with van der Waals surface area (Å²) in [5, 5.41) is 2.79. The molecule has 0 bridgehead atoms. The summed E-state index contributed by atoms with van der Waals surface area (Å²) in [6.45, 7) is 6.77. The minimum atomic E-state index is -3.50. The maximum Gasteiger partial charge on any atom is 0.265 e. The lowest BCUT2D eigenvalue weighted by molar-refractivity contribution is -0.122. The van der Waals surface area contributed by atoms with Crippen LogP contribution in [0.25, 0.3) is 0 Å². The molecule has 7 heteroatoms. The van der Waals surface area contributed by atoms with Crippen molar-refractivity contribution in [2.45, 2.75) is 57.5 Å². The molecule has 1 N–H and O–H groups in total. The molecule has 0 aliphatic carbocycles. The lowest BCUT2D eigenvalue weighted by Crippen LogP contribution is -2.32. The average molecular weight is 431 g/mol. The van der Waals surface area contributed by atoms with E-state index < -0.39 is 16.1 Å². The van der Waals surface area contributed by atoms with E-state index in [0.29, 0.717) is 24.5 Å². The Labute approximate surface area is 179 Å². The second kappa shape index (κ2) is 9.62. The molecular weight excluding hydrogens is 400 g/mol. The Kier molecular flexibility index (Phi) is 7.15. The Morgan fingerprint density at radius 3 is 2.10 bits per heavy atom. The highest BCUT2D eigenvalue weighted by molar-refractivity contribution is 7.89. The van der Waals surface area contributed by atoms with Gasteiger partial charge in [-0.2, -0.15) is 4.31 Å². The molecule has 1 heterocycles. The van der Waals surface area contributed by atoms with Gasteiger partial charge in [-0.25, -0.2) is 8.42 Å². The monoisotopic (exact) mass is 430 g/mol. The quantitative estimate of drug-likeness (QED) is 0.742. The van der Waals surface area contributed by atoms with Crippen LogP contribution in [-0.4, -0.2) is 37.8 Å². The lowest BCUT2D eigenvalue weighted by Gasteiger charge is -2.20. The molecule has 1 atom stereocenters. The average Bonchev–Trinajstić information content (AvgIpc) is 2.97. The van der Waals surface area contributed by atoms with E-state index in [2.05, 4.69) is 5.32 Å². The zero-order valence-corrected chi connectivity index (χ0v) is 18.7. The highest BCUT2D eigenvalue weighted by Crippen LogP contribution is 2.22. The SMILES string of the molecule is Cc1cc(C)cc(O[C@@H](C)C(=O)Nc2ccc(S(=O)(=O)N3CCCCCC3)cc2)c1. The molecule has 1 fully saturated rings. The van der Waals surface area contributed by atoms with Crippen LogP contribution < -0.4 is 10.1 Å². The number of nitrogens with one attached hydrogen (secondary N) is 1. The van der Waals surface area contributed by atoms with Gasteiger partial charge in [0, 0.05) is 18.8 Å². The number of ether oxygens (including phenoxy) is 1. The van der Waals surface area contributed by atoms with Crippen molar-refractivity contribution < 1.29 is 17.9 Å². The van der Waals surface area contributed by atoms with Crippen LogP contribution in [0, 0.1) is 13.8 Å². The molecule has 1 saturated heterocycles. The number of carbonyl (C=O) groups excluding carboxylic acids is 1. The number of amides is 1. The fraction of sp³-hybridized carbons (Fsp3) is 0.435. The molecule has 0 unspecified atom stereocenters. The van der Waals surface area contributed by atoms with Crippen LogP contribution in [0.1, 0.15) is 43.7 Å². The summed E-state index contributed by atoms with van der Waals surface area (Å²) in [5.41, 5.74) is 2.67. The molecule has 0 aromatic heterocycles. The molecule has 3 rings (SSSR count). The first-order valence-corrected chi connectivity index (χ1v) is 11.9. The summed E-state index contributed by atoms with van der Waals surface area (Å²) < 4.78 is 33.0. The van der Waals surface area contributed by atoms with E-state index >= 15 is 0 Å². The van der Waals surface area contributed by atoms with Crippen molar-refractivity contribution in [3.8, 4) is 5.75 Å². The summed E-state index contributed by atoms with van der Waals surface area (Å²) in [6.07, 6.45) is 3.24. The highest BCUT2D eigenvalue weighted by Gasteiger charge is 2.25. The molecule has 2 aromatic rings. The molecule has 1 aliphatic rings. The molecule has 162 valence electrons. The number of nitrogens with zero attached hydrogens (tertiary/aromatic N) is 1. The maximum atomic E-state index is 12.9. The fourth-order valence-electron chi connectivity index (χ4n) is 3.64. The van der Waals surface area contributed by atoms with Gasteiger partial charge in [0.25, 0.3) is 5.91 Å². The third-order valence-corrected chi connectivity index (χ3v) is 7.11. The van der Waals surface area contributed by atoms with E-state index in [9.17, 15) is 13.2 Å². The normalized spacial score (nSPS) is 16.5. The van der Waals surface area contributed by atoms with Gasteiger partial charge in [0.1, 0.15) is 5.75 Å². The Bertz CT molecular complexity index is 959. The zero-order valence-electron chi connectivity index (χ0n) is 17.8. The fourth-order valence-corrected chi connectivity index (χ4v) is 5.16. The molecule has 0 spiro atoms. The standard InChI is InChI=1S/C23H30N2O4S/c1-17-14-18(2)16-21(15-17)29-19(3)23(26)24-20-8-10-22(11-9-20)30(27,28)25-12-6-4-5-7-13-25/h8-11,14-16,19H,4-7,12-13H2,1-3H3,(H,24,26)/t19-/m0/s1. The van der Waals surface area contributed by atoms with E-state index in [1.165, 1.54) is 0 Å². The Hall–Kier alpha value is -2.38. The van der Waals surface area contributed by atoms with Crippen molar-refractivity contribution in [2.24, 2.45) is 0 Å². The van der Waals surface area contributed by atoms with Gasteiger partial charge in [0.05, 0.1) is 4.90 Å². The topological polar surface area (TPSA) is 75.7 Å². The van der Waals surface area contributed by atoms with E-state index in [-0.39, 0.29) is 10.8 Å². The zero-order chi connectivity index (χ0) is 21.7. The molecule has 2 aromatic carbocycles. The third kappa shape index (κ3) is 5.61. The van der Waals surface area contributed by atoms with Crippen molar-refractivity contribution in [3.05, 3.63) is 53.6 Å². The summed E-state index contributed by atoms with van der Waals surface area (Å²) in [4.78, 5) is 12.7. The number of carbonyl (C=O) groups is 1. The molecule has 6 nitrogen and oxygen atoms in total. The van der Waals surface area contributed by atoms with Gasteiger partial charge >= 0.3 is 0 Å². The first kappa shape index (κ1) is 22.3. The van der Waals surface area contributed by atoms with Crippen molar-refractivity contribution in [1.82, 2.24) is 4.31 Å². The second-order valence-electron chi connectivity index (χ2n) is 7.92.